The molecule has 0 heterocycles. The van der Waals surface area contributed by atoms with Gasteiger partial charge in [0.2, 0.25) is 0 Å². The fourth-order valence-corrected chi connectivity index (χ4v) is 2.38. The molecule has 25 heavy (non-hydrogen) atoms. The van der Waals surface area contributed by atoms with E-state index >= 15 is 0 Å². The monoisotopic (exact) mass is 385 g/mol. The predicted octanol–water partition coefficient (Wildman–Crippen LogP) is 4.02. The second-order valence-corrected chi connectivity index (χ2v) is 5.42. The molecule has 0 aliphatic heterocycles. The summed E-state index contributed by atoms with van der Waals surface area (Å²) in [5, 5.41) is 0.659. The van der Waals surface area contributed by atoms with Crippen molar-refractivity contribution in [2.45, 2.75) is 0 Å². The van der Waals surface area contributed by atoms with Crippen molar-refractivity contribution in [3.63, 3.8) is 0 Å². The third-order valence-corrected chi connectivity index (χ3v) is 3.82. The van der Waals surface area contributed by atoms with Gasteiger partial charge in [0.25, 0.3) is 0 Å². The lowest BCUT2D eigenvalue weighted by atomic mass is 10.2. The molecule has 0 aliphatic rings. The van der Waals surface area contributed by atoms with Crippen LogP contribution in [-0.4, -0.2) is 36.1 Å². The van der Waals surface area contributed by atoms with Crippen LogP contribution in [0.3, 0.4) is 0 Å². The third kappa shape index (κ3) is 4.49. The van der Waals surface area contributed by atoms with E-state index in [1.807, 2.05) is 0 Å². The normalized spacial score (nSPS) is 10.0. The van der Waals surface area contributed by atoms with Gasteiger partial charge >= 0.3 is 7.69 Å². The van der Waals surface area contributed by atoms with Crippen LogP contribution in [0.25, 0.3) is 0 Å². The average molecular weight is 386 g/mol. The molecule has 0 amide bonds. The van der Waals surface area contributed by atoms with Gasteiger partial charge in [0.05, 0.1) is 38.5 Å². The highest BCUT2D eigenvalue weighted by Crippen LogP contribution is 2.39. The Labute approximate surface area is 156 Å². The maximum absolute atomic E-state index is 6.14. The van der Waals surface area contributed by atoms with Crippen LogP contribution in [0.15, 0.2) is 24.3 Å². The fourth-order valence-electron chi connectivity index (χ4n) is 1.98. The zero-order valence-electron chi connectivity index (χ0n) is 14.1. The SMILES string of the molecule is COc1cc(Cl)c(O[B]Oc2cc(OC)c(OC)cc2Cl)cc1OC. The lowest BCUT2D eigenvalue weighted by Crippen LogP contribution is -2.12. The summed E-state index contributed by atoms with van der Waals surface area (Å²) >= 11 is 12.3. The highest BCUT2D eigenvalue weighted by Gasteiger charge is 2.15. The molecule has 0 atom stereocenters. The van der Waals surface area contributed by atoms with Gasteiger partial charge < -0.3 is 28.3 Å². The van der Waals surface area contributed by atoms with Crippen LogP contribution in [0, 0.1) is 0 Å². The summed E-state index contributed by atoms with van der Waals surface area (Å²) in [5.41, 5.74) is 0. The Morgan fingerprint density at radius 1 is 0.560 bits per heavy atom. The van der Waals surface area contributed by atoms with Crippen molar-refractivity contribution in [2.75, 3.05) is 28.4 Å². The smallest absolute Gasteiger partial charge is 0.525 e. The first-order chi connectivity index (χ1) is 12.0. The van der Waals surface area contributed by atoms with Gasteiger partial charge in [0.15, 0.2) is 23.0 Å². The van der Waals surface area contributed by atoms with E-state index in [4.69, 9.17) is 51.5 Å². The molecule has 0 saturated heterocycles. The molecule has 0 saturated carbocycles. The van der Waals surface area contributed by atoms with E-state index in [1.165, 1.54) is 28.4 Å². The van der Waals surface area contributed by atoms with Crippen molar-refractivity contribution in [3.8, 4) is 34.5 Å². The Bertz CT molecular complexity index is 680. The van der Waals surface area contributed by atoms with Crippen molar-refractivity contribution in [3.05, 3.63) is 34.3 Å². The summed E-state index contributed by atoms with van der Waals surface area (Å²) in [7, 11) is 7.16. The van der Waals surface area contributed by atoms with Gasteiger partial charge in [-0.3, -0.25) is 0 Å². The van der Waals surface area contributed by atoms with Gasteiger partial charge in [-0.1, -0.05) is 23.2 Å². The largest absolute Gasteiger partial charge is 0.658 e. The first-order valence-electron chi connectivity index (χ1n) is 7.02. The van der Waals surface area contributed by atoms with E-state index in [2.05, 4.69) is 0 Å². The molecule has 0 spiro atoms. The summed E-state index contributed by atoms with van der Waals surface area (Å²) in [6.07, 6.45) is 0. The van der Waals surface area contributed by atoms with Gasteiger partial charge in [-0.2, -0.15) is 0 Å². The molecule has 0 aromatic heterocycles. The van der Waals surface area contributed by atoms with E-state index in [1.54, 1.807) is 24.3 Å². The Hall–Kier alpha value is -2.12. The molecule has 6 nitrogen and oxygen atoms in total. The highest BCUT2D eigenvalue weighted by molar-refractivity contribution is 6.34. The van der Waals surface area contributed by atoms with Crippen LogP contribution in [-0.2, 0) is 0 Å². The van der Waals surface area contributed by atoms with Crippen molar-refractivity contribution in [1.29, 1.82) is 0 Å². The van der Waals surface area contributed by atoms with E-state index in [0.717, 1.165) is 7.69 Å². The molecule has 0 aliphatic carbocycles. The predicted molar refractivity (Wildman–Crippen MR) is 96.1 cm³/mol. The van der Waals surface area contributed by atoms with Gasteiger partial charge in [-0.25, -0.2) is 0 Å². The van der Waals surface area contributed by atoms with Crippen LogP contribution in [0.5, 0.6) is 34.5 Å². The number of benzene rings is 2. The molecule has 133 valence electrons. The molecular formula is C16H16BCl2O6. The number of rotatable bonds is 8. The average Bonchev–Trinajstić information content (AvgIpc) is 2.63. The minimum absolute atomic E-state index is 0.330. The number of ether oxygens (including phenoxy) is 4. The van der Waals surface area contributed by atoms with Gasteiger partial charge in [-0.15, -0.1) is 0 Å². The van der Waals surface area contributed by atoms with E-state index in [9.17, 15) is 0 Å². The minimum atomic E-state index is 0.330. The summed E-state index contributed by atoms with van der Waals surface area (Å²) in [5.74, 6) is 2.58. The second kappa shape index (κ2) is 8.83. The topological polar surface area (TPSA) is 55.4 Å². The maximum atomic E-state index is 6.14. The number of hydrogen-bond donors (Lipinski definition) is 0. The lowest BCUT2D eigenvalue weighted by molar-refractivity contribution is 0.351. The molecule has 9 heteroatoms. The number of methoxy groups -OCH3 is 4. The Kier molecular flexibility index (Phi) is 6.78. The fraction of sp³-hybridized carbons (Fsp3) is 0.250. The Morgan fingerprint density at radius 3 is 1.20 bits per heavy atom. The van der Waals surface area contributed by atoms with Gasteiger partial charge in [0, 0.05) is 24.3 Å². The number of hydrogen-bond acceptors (Lipinski definition) is 6. The summed E-state index contributed by atoms with van der Waals surface area (Å²) in [4.78, 5) is 0. The quantitative estimate of drug-likeness (QED) is 0.639. The number of halogens is 2. The molecule has 1 radical (unpaired) electrons. The van der Waals surface area contributed by atoms with Crippen molar-refractivity contribution in [1.82, 2.24) is 0 Å². The maximum Gasteiger partial charge on any atom is 0.658 e. The molecule has 0 N–H and O–H groups in total. The Morgan fingerprint density at radius 2 is 0.880 bits per heavy atom. The zero-order valence-corrected chi connectivity index (χ0v) is 15.6. The van der Waals surface area contributed by atoms with E-state index < -0.39 is 0 Å². The molecule has 0 unspecified atom stereocenters. The minimum Gasteiger partial charge on any atom is -0.525 e. The van der Waals surface area contributed by atoms with Crippen LogP contribution in [0.1, 0.15) is 0 Å². The standard InChI is InChI=1S/C16H16BCl2O6/c1-20-13-5-9(18)11(7-15(13)22-3)24-17-25-12-8-16(23-4)14(21-2)6-10(12)19/h5-8H,1-4H3. The zero-order chi connectivity index (χ0) is 18.4. The van der Waals surface area contributed by atoms with Crippen LogP contribution >= 0.6 is 23.2 Å². The van der Waals surface area contributed by atoms with Crippen LogP contribution in [0.4, 0.5) is 0 Å². The van der Waals surface area contributed by atoms with Crippen LogP contribution in [0.2, 0.25) is 10.0 Å². The first kappa shape index (κ1) is 19.2. The molecule has 2 aromatic carbocycles. The van der Waals surface area contributed by atoms with Crippen molar-refractivity contribution < 1.29 is 28.3 Å². The summed E-state index contributed by atoms with van der Waals surface area (Å²) in [6.45, 7) is 0. The molecule has 2 aromatic rings. The van der Waals surface area contributed by atoms with Crippen LogP contribution < -0.4 is 28.3 Å². The van der Waals surface area contributed by atoms with E-state index in [0.29, 0.717) is 44.5 Å². The van der Waals surface area contributed by atoms with Gasteiger partial charge in [0.1, 0.15) is 11.5 Å². The van der Waals surface area contributed by atoms with Crippen molar-refractivity contribution in [2.24, 2.45) is 0 Å². The lowest BCUT2D eigenvalue weighted by Gasteiger charge is -2.14. The molecule has 2 rings (SSSR count). The van der Waals surface area contributed by atoms with E-state index in [-0.39, 0.29) is 0 Å². The summed E-state index contributed by atoms with van der Waals surface area (Å²) < 4.78 is 31.6. The molecule has 0 fully saturated rings. The molecular weight excluding hydrogens is 370 g/mol. The molecule has 0 bridgehead atoms. The van der Waals surface area contributed by atoms with Gasteiger partial charge in [-0.05, 0) is 0 Å². The third-order valence-electron chi connectivity index (χ3n) is 3.23. The second-order valence-electron chi connectivity index (χ2n) is 4.61. The first-order valence-corrected chi connectivity index (χ1v) is 7.77. The summed E-state index contributed by atoms with van der Waals surface area (Å²) in [6, 6.07) is 6.31. The highest BCUT2D eigenvalue weighted by atomic mass is 35.5. The Balaban J connectivity index is 2.11. The van der Waals surface area contributed by atoms with Crippen molar-refractivity contribution >= 4 is 30.9 Å².